The molecular weight excluding hydrogens is 288 g/mol. The lowest BCUT2D eigenvalue weighted by atomic mass is 10.0. The molecule has 2 nitrogen and oxygen atoms in total. The zero-order valence-corrected chi connectivity index (χ0v) is 13.5. The summed E-state index contributed by atoms with van der Waals surface area (Å²) in [6.07, 6.45) is 2.13. The van der Waals surface area contributed by atoms with Gasteiger partial charge in [0.25, 0.3) is 0 Å². The Kier molecular flexibility index (Phi) is 6.16. The Morgan fingerprint density at radius 3 is 2.56 bits per heavy atom. The molecule has 0 aliphatic rings. The topological polar surface area (TPSA) is 29.3 Å². The Morgan fingerprint density at radius 2 is 2.00 bits per heavy atom. The maximum atomic E-state index is 5.94. The molecule has 0 heterocycles. The smallest absolute Gasteiger partial charge is 0.0397 e. The molecule has 0 aliphatic heterocycles. The maximum absolute atomic E-state index is 5.94. The van der Waals surface area contributed by atoms with Gasteiger partial charge in [-0.3, -0.25) is 0 Å². The third-order valence-electron chi connectivity index (χ3n) is 3.28. The predicted molar refractivity (Wildman–Crippen MR) is 84.2 cm³/mol. The Morgan fingerprint density at radius 1 is 1.33 bits per heavy atom. The van der Waals surface area contributed by atoms with Crippen LogP contribution in [0.3, 0.4) is 0 Å². The van der Waals surface area contributed by atoms with E-state index in [1.165, 1.54) is 17.7 Å². The fourth-order valence-corrected chi connectivity index (χ4v) is 2.54. The van der Waals surface area contributed by atoms with Crippen molar-refractivity contribution in [1.82, 2.24) is 0 Å². The first-order chi connectivity index (χ1) is 8.43. The normalized spacial score (nSPS) is 14.3. The fourth-order valence-electron chi connectivity index (χ4n) is 2.13. The largest absolute Gasteiger partial charge is 0.374 e. The SMILES string of the molecule is CCC(C)CN(C)c1ccc(Br)cc1CC(C)N. The molecule has 18 heavy (non-hydrogen) atoms. The molecule has 0 aromatic heterocycles. The summed E-state index contributed by atoms with van der Waals surface area (Å²) in [6, 6.07) is 6.67. The van der Waals surface area contributed by atoms with Crippen molar-refractivity contribution in [3.05, 3.63) is 28.2 Å². The third-order valence-corrected chi connectivity index (χ3v) is 3.77. The summed E-state index contributed by atoms with van der Waals surface area (Å²) in [5.74, 6) is 0.710. The van der Waals surface area contributed by atoms with Crippen molar-refractivity contribution in [2.24, 2.45) is 11.7 Å². The van der Waals surface area contributed by atoms with Crippen LogP contribution in [0.4, 0.5) is 5.69 Å². The van der Waals surface area contributed by atoms with Crippen LogP contribution in [-0.4, -0.2) is 19.6 Å². The first-order valence-electron chi connectivity index (χ1n) is 6.69. The number of halogens is 1. The molecule has 0 saturated carbocycles. The molecule has 102 valence electrons. The van der Waals surface area contributed by atoms with Crippen molar-refractivity contribution >= 4 is 21.6 Å². The highest BCUT2D eigenvalue weighted by molar-refractivity contribution is 9.10. The molecule has 1 aromatic rings. The monoisotopic (exact) mass is 312 g/mol. The van der Waals surface area contributed by atoms with E-state index in [0.29, 0.717) is 5.92 Å². The minimum absolute atomic E-state index is 0.190. The second-order valence-corrected chi connectivity index (χ2v) is 6.26. The van der Waals surface area contributed by atoms with Gasteiger partial charge in [0, 0.05) is 29.8 Å². The van der Waals surface area contributed by atoms with Crippen molar-refractivity contribution in [3.63, 3.8) is 0 Å². The van der Waals surface area contributed by atoms with E-state index in [-0.39, 0.29) is 6.04 Å². The van der Waals surface area contributed by atoms with Gasteiger partial charge in [0.15, 0.2) is 0 Å². The highest BCUT2D eigenvalue weighted by Crippen LogP contribution is 2.25. The van der Waals surface area contributed by atoms with E-state index in [0.717, 1.165) is 17.4 Å². The average Bonchev–Trinajstić information content (AvgIpc) is 2.27. The molecule has 2 atom stereocenters. The number of nitrogens with two attached hydrogens (primary N) is 1. The number of benzene rings is 1. The van der Waals surface area contributed by atoms with Crippen LogP contribution in [0.2, 0.25) is 0 Å². The molecule has 1 rings (SSSR count). The van der Waals surface area contributed by atoms with Gasteiger partial charge in [0.1, 0.15) is 0 Å². The molecule has 0 fully saturated rings. The van der Waals surface area contributed by atoms with Crippen LogP contribution in [-0.2, 0) is 6.42 Å². The quantitative estimate of drug-likeness (QED) is 0.865. The lowest BCUT2D eigenvalue weighted by molar-refractivity contribution is 0.558. The van der Waals surface area contributed by atoms with Crippen LogP contribution in [0, 0.1) is 5.92 Å². The van der Waals surface area contributed by atoms with E-state index in [4.69, 9.17) is 5.73 Å². The molecule has 0 bridgehead atoms. The lowest BCUT2D eigenvalue weighted by Crippen LogP contribution is -2.26. The molecule has 2 unspecified atom stereocenters. The molecular formula is C15H25BrN2. The minimum atomic E-state index is 0.190. The summed E-state index contributed by atoms with van der Waals surface area (Å²) >= 11 is 3.54. The minimum Gasteiger partial charge on any atom is -0.374 e. The second-order valence-electron chi connectivity index (χ2n) is 5.35. The Labute approximate surface area is 120 Å². The third kappa shape index (κ3) is 4.62. The summed E-state index contributed by atoms with van der Waals surface area (Å²) in [7, 11) is 2.17. The van der Waals surface area contributed by atoms with Crippen LogP contribution in [0.25, 0.3) is 0 Å². The van der Waals surface area contributed by atoms with Crippen molar-refractivity contribution in [3.8, 4) is 0 Å². The number of nitrogens with zero attached hydrogens (tertiary/aromatic N) is 1. The van der Waals surface area contributed by atoms with E-state index in [1.54, 1.807) is 0 Å². The zero-order chi connectivity index (χ0) is 13.7. The molecule has 3 heteroatoms. The van der Waals surface area contributed by atoms with E-state index in [1.807, 2.05) is 0 Å². The predicted octanol–water partition coefficient (Wildman–Crippen LogP) is 3.82. The molecule has 0 aliphatic carbocycles. The Balaban J connectivity index is 2.92. The van der Waals surface area contributed by atoms with Crippen LogP contribution >= 0.6 is 15.9 Å². The van der Waals surface area contributed by atoms with Gasteiger partial charge >= 0.3 is 0 Å². The summed E-state index contributed by atoms with van der Waals surface area (Å²) in [5, 5.41) is 0. The standard InChI is InChI=1S/C15H25BrN2/c1-5-11(2)10-18(4)15-7-6-14(16)9-13(15)8-12(3)17/h6-7,9,11-12H,5,8,10,17H2,1-4H3. The van der Waals surface area contributed by atoms with Gasteiger partial charge in [0.05, 0.1) is 0 Å². The molecule has 0 radical (unpaired) electrons. The van der Waals surface area contributed by atoms with Gasteiger partial charge in [0.2, 0.25) is 0 Å². The van der Waals surface area contributed by atoms with Crippen LogP contribution < -0.4 is 10.6 Å². The van der Waals surface area contributed by atoms with Crippen LogP contribution in [0.5, 0.6) is 0 Å². The Bertz CT molecular complexity index is 377. The zero-order valence-electron chi connectivity index (χ0n) is 11.9. The first kappa shape index (κ1) is 15.5. The molecule has 1 aromatic carbocycles. The number of hydrogen-bond donors (Lipinski definition) is 1. The van der Waals surface area contributed by atoms with E-state index < -0.39 is 0 Å². The maximum Gasteiger partial charge on any atom is 0.0397 e. The molecule has 0 spiro atoms. The van der Waals surface area contributed by atoms with Gasteiger partial charge in [-0.2, -0.15) is 0 Å². The van der Waals surface area contributed by atoms with E-state index >= 15 is 0 Å². The summed E-state index contributed by atoms with van der Waals surface area (Å²) in [4.78, 5) is 2.35. The van der Waals surface area contributed by atoms with Crippen LogP contribution in [0.15, 0.2) is 22.7 Å². The van der Waals surface area contributed by atoms with Crippen molar-refractivity contribution < 1.29 is 0 Å². The van der Waals surface area contributed by atoms with E-state index in [9.17, 15) is 0 Å². The summed E-state index contributed by atoms with van der Waals surface area (Å²) < 4.78 is 1.12. The summed E-state index contributed by atoms with van der Waals surface area (Å²) in [6.45, 7) is 7.67. The first-order valence-corrected chi connectivity index (χ1v) is 7.48. The molecule has 0 amide bonds. The van der Waals surface area contributed by atoms with E-state index in [2.05, 4.69) is 66.8 Å². The van der Waals surface area contributed by atoms with Gasteiger partial charge in [-0.15, -0.1) is 0 Å². The molecule has 0 saturated heterocycles. The molecule has 2 N–H and O–H groups in total. The van der Waals surface area contributed by atoms with Gasteiger partial charge < -0.3 is 10.6 Å². The summed E-state index contributed by atoms with van der Waals surface area (Å²) in [5.41, 5.74) is 8.56. The van der Waals surface area contributed by atoms with Crippen molar-refractivity contribution in [2.45, 2.75) is 39.7 Å². The van der Waals surface area contributed by atoms with Crippen molar-refractivity contribution in [1.29, 1.82) is 0 Å². The van der Waals surface area contributed by atoms with Crippen LogP contribution in [0.1, 0.15) is 32.8 Å². The van der Waals surface area contributed by atoms with Crippen molar-refractivity contribution in [2.75, 3.05) is 18.5 Å². The highest BCUT2D eigenvalue weighted by atomic mass is 79.9. The second kappa shape index (κ2) is 7.15. The van der Waals surface area contributed by atoms with Gasteiger partial charge in [-0.05, 0) is 43.0 Å². The number of hydrogen-bond acceptors (Lipinski definition) is 2. The number of rotatable bonds is 6. The van der Waals surface area contributed by atoms with Gasteiger partial charge in [-0.1, -0.05) is 36.2 Å². The Hall–Kier alpha value is -0.540. The average molecular weight is 313 g/mol. The number of anilines is 1. The van der Waals surface area contributed by atoms with Gasteiger partial charge in [-0.25, -0.2) is 0 Å². The fraction of sp³-hybridized carbons (Fsp3) is 0.600. The highest BCUT2D eigenvalue weighted by Gasteiger charge is 2.11. The lowest BCUT2D eigenvalue weighted by Gasteiger charge is -2.26.